The number of aryl methyl sites for hydroxylation is 1. The SMILES string of the molecule is CC(C)c1n[nH]c2c1[C@@H](C(=O)O)CCC2. The van der Waals surface area contributed by atoms with E-state index in [0.29, 0.717) is 0 Å². The second kappa shape index (κ2) is 3.68. The van der Waals surface area contributed by atoms with Crippen LogP contribution in [0.1, 0.15) is 55.5 Å². The van der Waals surface area contributed by atoms with Gasteiger partial charge in [0.1, 0.15) is 0 Å². The fraction of sp³-hybridized carbons (Fsp3) is 0.636. The summed E-state index contributed by atoms with van der Waals surface area (Å²) in [5, 5.41) is 16.4. The third-order valence-corrected chi connectivity index (χ3v) is 3.03. The number of aromatic nitrogens is 2. The van der Waals surface area contributed by atoms with E-state index in [0.717, 1.165) is 36.2 Å². The van der Waals surface area contributed by atoms with Gasteiger partial charge in [0.15, 0.2) is 0 Å². The molecule has 1 aromatic rings. The monoisotopic (exact) mass is 208 g/mol. The molecule has 1 aliphatic carbocycles. The van der Waals surface area contributed by atoms with Gasteiger partial charge in [-0.2, -0.15) is 5.10 Å². The molecule has 0 aliphatic heterocycles. The Balaban J connectivity index is 2.47. The minimum absolute atomic E-state index is 0.282. The Bertz CT molecular complexity index is 382. The highest BCUT2D eigenvalue weighted by Gasteiger charge is 2.31. The number of aliphatic carboxylic acids is 1. The van der Waals surface area contributed by atoms with Crippen LogP contribution in [0.15, 0.2) is 0 Å². The van der Waals surface area contributed by atoms with Crippen molar-refractivity contribution in [3.8, 4) is 0 Å². The molecule has 0 saturated heterocycles. The third kappa shape index (κ3) is 1.64. The van der Waals surface area contributed by atoms with Crippen LogP contribution in [0.3, 0.4) is 0 Å². The summed E-state index contributed by atoms with van der Waals surface area (Å²) in [6.45, 7) is 4.09. The number of aromatic amines is 1. The van der Waals surface area contributed by atoms with Crippen LogP contribution in [-0.4, -0.2) is 21.3 Å². The Labute approximate surface area is 88.7 Å². The van der Waals surface area contributed by atoms with E-state index in [-0.39, 0.29) is 11.8 Å². The van der Waals surface area contributed by atoms with Crippen LogP contribution in [-0.2, 0) is 11.2 Å². The first kappa shape index (κ1) is 10.2. The lowest BCUT2D eigenvalue weighted by molar-refractivity contribution is -0.139. The molecular weight excluding hydrogens is 192 g/mol. The van der Waals surface area contributed by atoms with Crippen molar-refractivity contribution >= 4 is 5.97 Å². The molecule has 4 nitrogen and oxygen atoms in total. The number of carboxylic acid groups (broad SMARTS) is 1. The van der Waals surface area contributed by atoms with Crippen LogP contribution in [0.25, 0.3) is 0 Å². The summed E-state index contributed by atoms with van der Waals surface area (Å²) >= 11 is 0. The molecule has 0 unspecified atom stereocenters. The molecule has 0 amide bonds. The number of nitrogens with zero attached hydrogens (tertiary/aromatic N) is 1. The van der Waals surface area contributed by atoms with Crippen molar-refractivity contribution < 1.29 is 9.90 Å². The van der Waals surface area contributed by atoms with Crippen molar-refractivity contribution in [1.29, 1.82) is 0 Å². The van der Waals surface area contributed by atoms with E-state index in [1.807, 2.05) is 13.8 Å². The van der Waals surface area contributed by atoms with Gasteiger partial charge in [-0.3, -0.25) is 9.89 Å². The largest absolute Gasteiger partial charge is 0.481 e. The zero-order valence-corrected chi connectivity index (χ0v) is 9.08. The molecule has 1 aliphatic rings. The van der Waals surface area contributed by atoms with Crippen molar-refractivity contribution in [3.05, 3.63) is 17.0 Å². The Hall–Kier alpha value is -1.32. The van der Waals surface area contributed by atoms with Gasteiger partial charge < -0.3 is 5.11 Å². The van der Waals surface area contributed by atoms with E-state index in [9.17, 15) is 4.79 Å². The Morgan fingerprint density at radius 3 is 2.93 bits per heavy atom. The maximum absolute atomic E-state index is 11.1. The number of H-pyrrole nitrogens is 1. The molecule has 0 bridgehead atoms. The van der Waals surface area contributed by atoms with E-state index < -0.39 is 5.97 Å². The first-order chi connectivity index (χ1) is 7.11. The van der Waals surface area contributed by atoms with Gasteiger partial charge in [0.25, 0.3) is 0 Å². The third-order valence-electron chi connectivity index (χ3n) is 3.03. The van der Waals surface area contributed by atoms with E-state index in [1.165, 1.54) is 0 Å². The second-order valence-corrected chi connectivity index (χ2v) is 4.44. The number of nitrogens with one attached hydrogen (secondary N) is 1. The van der Waals surface area contributed by atoms with Gasteiger partial charge in [-0.15, -0.1) is 0 Å². The summed E-state index contributed by atoms with van der Waals surface area (Å²) in [5.74, 6) is -0.797. The van der Waals surface area contributed by atoms with Gasteiger partial charge in [0, 0.05) is 11.3 Å². The van der Waals surface area contributed by atoms with Crippen LogP contribution in [0, 0.1) is 0 Å². The normalized spacial score (nSPS) is 20.3. The molecule has 4 heteroatoms. The predicted molar refractivity (Wildman–Crippen MR) is 56.0 cm³/mol. The van der Waals surface area contributed by atoms with E-state index in [4.69, 9.17) is 5.11 Å². The van der Waals surface area contributed by atoms with E-state index >= 15 is 0 Å². The van der Waals surface area contributed by atoms with Crippen molar-refractivity contribution in [2.24, 2.45) is 0 Å². The van der Waals surface area contributed by atoms with Crippen molar-refractivity contribution in [2.45, 2.75) is 44.9 Å². The molecule has 82 valence electrons. The molecule has 1 heterocycles. The summed E-state index contributed by atoms with van der Waals surface area (Å²) in [6, 6.07) is 0. The van der Waals surface area contributed by atoms with Crippen molar-refractivity contribution in [3.63, 3.8) is 0 Å². The molecule has 2 rings (SSSR count). The van der Waals surface area contributed by atoms with Crippen LogP contribution < -0.4 is 0 Å². The predicted octanol–water partition coefficient (Wildman–Crippen LogP) is 2.04. The molecule has 0 aromatic carbocycles. The van der Waals surface area contributed by atoms with Gasteiger partial charge in [-0.1, -0.05) is 13.8 Å². The number of hydrogen-bond donors (Lipinski definition) is 2. The summed E-state index contributed by atoms with van der Waals surface area (Å²) < 4.78 is 0. The van der Waals surface area contributed by atoms with Crippen LogP contribution >= 0.6 is 0 Å². The Morgan fingerprint density at radius 1 is 1.60 bits per heavy atom. The lowest BCUT2D eigenvalue weighted by Gasteiger charge is -2.20. The number of carbonyl (C=O) groups is 1. The fourth-order valence-electron chi connectivity index (χ4n) is 2.30. The van der Waals surface area contributed by atoms with Gasteiger partial charge >= 0.3 is 5.97 Å². The number of fused-ring (bicyclic) bond motifs is 1. The summed E-state index contributed by atoms with van der Waals surface area (Å²) in [5.41, 5.74) is 2.90. The summed E-state index contributed by atoms with van der Waals surface area (Å²) in [6.07, 6.45) is 2.60. The summed E-state index contributed by atoms with van der Waals surface area (Å²) in [4.78, 5) is 11.1. The molecule has 1 aromatic heterocycles. The van der Waals surface area contributed by atoms with Crippen molar-refractivity contribution in [2.75, 3.05) is 0 Å². The Morgan fingerprint density at radius 2 is 2.33 bits per heavy atom. The van der Waals surface area contributed by atoms with Crippen LogP contribution in [0.5, 0.6) is 0 Å². The van der Waals surface area contributed by atoms with Gasteiger partial charge in [-0.25, -0.2) is 0 Å². The second-order valence-electron chi connectivity index (χ2n) is 4.44. The molecule has 1 atom stereocenters. The number of hydrogen-bond acceptors (Lipinski definition) is 2. The van der Waals surface area contributed by atoms with E-state index in [1.54, 1.807) is 0 Å². The molecule has 15 heavy (non-hydrogen) atoms. The van der Waals surface area contributed by atoms with E-state index in [2.05, 4.69) is 10.2 Å². The summed E-state index contributed by atoms with van der Waals surface area (Å²) in [7, 11) is 0. The smallest absolute Gasteiger partial charge is 0.311 e. The van der Waals surface area contributed by atoms with Gasteiger partial charge in [0.05, 0.1) is 11.6 Å². The zero-order valence-electron chi connectivity index (χ0n) is 9.08. The number of rotatable bonds is 2. The molecule has 2 N–H and O–H groups in total. The maximum Gasteiger partial charge on any atom is 0.311 e. The molecular formula is C11H16N2O2. The first-order valence-electron chi connectivity index (χ1n) is 5.41. The quantitative estimate of drug-likeness (QED) is 0.781. The highest BCUT2D eigenvalue weighted by molar-refractivity contribution is 5.77. The average molecular weight is 208 g/mol. The van der Waals surface area contributed by atoms with Crippen LogP contribution in [0.2, 0.25) is 0 Å². The topological polar surface area (TPSA) is 66.0 Å². The maximum atomic E-state index is 11.1. The number of carboxylic acids is 1. The minimum Gasteiger partial charge on any atom is -0.481 e. The average Bonchev–Trinajstić information content (AvgIpc) is 2.60. The highest BCUT2D eigenvalue weighted by atomic mass is 16.4. The molecule has 0 spiro atoms. The highest BCUT2D eigenvalue weighted by Crippen LogP contribution is 2.35. The van der Waals surface area contributed by atoms with Gasteiger partial charge in [-0.05, 0) is 25.2 Å². The molecule has 0 saturated carbocycles. The standard InChI is InChI=1S/C11H16N2O2/c1-6(2)10-9-7(11(14)15)4-3-5-8(9)12-13-10/h6-7H,3-5H2,1-2H3,(H,12,13)(H,14,15)/t7-/m0/s1. The first-order valence-corrected chi connectivity index (χ1v) is 5.41. The lowest BCUT2D eigenvalue weighted by atomic mass is 9.83. The lowest BCUT2D eigenvalue weighted by Crippen LogP contribution is -2.18. The molecule has 0 radical (unpaired) electrons. The fourth-order valence-corrected chi connectivity index (χ4v) is 2.30. The van der Waals surface area contributed by atoms with Crippen LogP contribution in [0.4, 0.5) is 0 Å². The van der Waals surface area contributed by atoms with Crippen molar-refractivity contribution in [1.82, 2.24) is 10.2 Å². The molecule has 0 fully saturated rings. The zero-order chi connectivity index (χ0) is 11.0. The minimum atomic E-state index is -0.723. The Kier molecular flexibility index (Phi) is 2.50. The van der Waals surface area contributed by atoms with Gasteiger partial charge in [0.2, 0.25) is 0 Å².